The fourth-order valence-electron chi connectivity index (χ4n) is 0.250. The van der Waals surface area contributed by atoms with E-state index in [0.29, 0.717) is 0 Å². The SMILES string of the molecule is CCC[CH2][SnH2].O. The molecule has 0 aromatic heterocycles. The first-order valence-electron chi connectivity index (χ1n) is 2.21. The fourth-order valence-corrected chi connectivity index (χ4v) is 1.68. The Balaban J connectivity index is 0. The molecule has 0 aliphatic rings. The van der Waals surface area contributed by atoms with Crippen molar-refractivity contribution < 1.29 is 5.48 Å². The molecule has 1 radical (unpaired) electrons. The normalized spacial score (nSPS) is 7.00. The van der Waals surface area contributed by atoms with Crippen LogP contribution < -0.4 is 0 Å². The molecule has 0 fully saturated rings. The van der Waals surface area contributed by atoms with Gasteiger partial charge in [-0.25, -0.2) is 0 Å². The molecular formula is C4H13OSn. The standard InChI is InChI=1S/C4H9.H2O.Sn.2H/c1-3-4-2;;;;/h1,3-4H2,2H3;1H2;;;. The van der Waals surface area contributed by atoms with E-state index >= 15 is 0 Å². The number of hydrogen-bond acceptors (Lipinski definition) is 0. The second-order valence-electron chi connectivity index (χ2n) is 1.21. The quantitative estimate of drug-likeness (QED) is 0.557. The van der Waals surface area contributed by atoms with Crippen molar-refractivity contribution in [1.82, 2.24) is 0 Å². The summed E-state index contributed by atoms with van der Waals surface area (Å²) in [6, 6.07) is 0. The van der Waals surface area contributed by atoms with Crippen molar-refractivity contribution in [3.05, 3.63) is 0 Å². The molecule has 0 aliphatic heterocycles. The molecule has 0 rings (SSSR count). The summed E-state index contributed by atoms with van der Waals surface area (Å²) in [5.74, 6) is 0. The first-order valence-corrected chi connectivity index (χ1v) is 5.06. The van der Waals surface area contributed by atoms with E-state index in [-0.39, 0.29) is 5.48 Å². The minimum atomic E-state index is 0. The molecule has 0 atom stereocenters. The van der Waals surface area contributed by atoms with E-state index in [9.17, 15) is 0 Å². The third-order valence-electron chi connectivity index (χ3n) is 0.604. The zero-order chi connectivity index (χ0) is 4.12. The Morgan fingerprint density at radius 3 is 2.00 bits per heavy atom. The zero-order valence-electron chi connectivity index (χ0n) is 4.33. The van der Waals surface area contributed by atoms with Gasteiger partial charge in [-0.1, -0.05) is 0 Å². The second kappa shape index (κ2) is 9.23. The summed E-state index contributed by atoms with van der Waals surface area (Å²) in [7, 11) is 0. The van der Waals surface area contributed by atoms with Gasteiger partial charge in [0.25, 0.3) is 0 Å². The molecule has 0 unspecified atom stereocenters. The van der Waals surface area contributed by atoms with E-state index in [0.717, 1.165) is 0 Å². The summed E-state index contributed by atoms with van der Waals surface area (Å²) < 4.78 is 1.51. The smallest absolute Gasteiger partial charge is 0.412 e. The van der Waals surface area contributed by atoms with Crippen LogP contribution in [0.25, 0.3) is 0 Å². The average molecular weight is 196 g/mol. The fraction of sp³-hybridized carbons (Fsp3) is 1.00. The van der Waals surface area contributed by atoms with Crippen LogP contribution in [-0.2, 0) is 0 Å². The van der Waals surface area contributed by atoms with Crippen LogP contribution >= 0.6 is 0 Å². The van der Waals surface area contributed by atoms with Crippen molar-refractivity contribution in [2.24, 2.45) is 0 Å². The van der Waals surface area contributed by atoms with Crippen LogP contribution in [0, 0.1) is 0 Å². The summed E-state index contributed by atoms with van der Waals surface area (Å²) in [6.07, 6.45) is 2.85. The van der Waals surface area contributed by atoms with Gasteiger partial charge >= 0.3 is 46.7 Å². The summed E-state index contributed by atoms with van der Waals surface area (Å²) in [5, 5.41) is 0. The summed E-state index contributed by atoms with van der Waals surface area (Å²) in [6.45, 7) is 2.24. The molecule has 0 heterocycles. The van der Waals surface area contributed by atoms with Crippen molar-refractivity contribution in [1.29, 1.82) is 0 Å². The predicted octanol–water partition coefficient (Wildman–Crippen LogP) is 0.0132. The van der Waals surface area contributed by atoms with Gasteiger partial charge in [-0.05, 0) is 0 Å². The van der Waals surface area contributed by atoms with Crippen molar-refractivity contribution in [3.63, 3.8) is 0 Å². The maximum Gasteiger partial charge on any atom is -0.412 e. The van der Waals surface area contributed by atoms with Crippen LogP contribution in [0.4, 0.5) is 0 Å². The Bertz CT molecular complexity index is 15.0. The number of unbranched alkanes of at least 4 members (excludes halogenated alkanes) is 1. The van der Waals surface area contributed by atoms with E-state index in [2.05, 4.69) is 6.92 Å². The van der Waals surface area contributed by atoms with Gasteiger partial charge in [0.1, 0.15) is 0 Å². The van der Waals surface area contributed by atoms with Crippen LogP contribution in [-0.4, -0.2) is 28.0 Å². The Labute approximate surface area is 52.5 Å². The van der Waals surface area contributed by atoms with E-state index < -0.39 is 0 Å². The monoisotopic (exact) mass is 197 g/mol. The maximum atomic E-state index is 2.24. The summed E-state index contributed by atoms with van der Waals surface area (Å²) in [4.78, 5) is 0. The van der Waals surface area contributed by atoms with Crippen LogP contribution in [0.5, 0.6) is 0 Å². The van der Waals surface area contributed by atoms with E-state index in [1.807, 2.05) is 0 Å². The van der Waals surface area contributed by atoms with Crippen LogP contribution in [0.1, 0.15) is 19.8 Å². The molecule has 0 bridgehead atoms. The van der Waals surface area contributed by atoms with Gasteiger partial charge in [0.15, 0.2) is 0 Å². The molecular weight excluding hydrogens is 183 g/mol. The van der Waals surface area contributed by atoms with Crippen LogP contribution in [0.2, 0.25) is 4.44 Å². The molecule has 0 aromatic rings. The minimum Gasteiger partial charge on any atom is -0.412 e. The molecule has 0 saturated carbocycles. The third-order valence-corrected chi connectivity index (χ3v) is 2.03. The van der Waals surface area contributed by atoms with E-state index in [1.54, 1.807) is 0 Å². The molecule has 1 nitrogen and oxygen atoms in total. The first kappa shape index (κ1) is 9.90. The molecule has 39 valence electrons. The van der Waals surface area contributed by atoms with E-state index in [1.165, 1.54) is 39.8 Å². The molecule has 0 aromatic carbocycles. The molecule has 0 amide bonds. The van der Waals surface area contributed by atoms with Gasteiger partial charge in [-0.3, -0.25) is 0 Å². The average Bonchev–Trinajstić information content (AvgIpc) is 1.41. The number of hydrogen-bond donors (Lipinski definition) is 0. The maximum absolute atomic E-state index is 2.24. The Morgan fingerprint density at radius 1 is 1.50 bits per heavy atom. The minimum absolute atomic E-state index is 0. The molecule has 0 spiro atoms. The van der Waals surface area contributed by atoms with Crippen molar-refractivity contribution in [2.75, 3.05) is 0 Å². The van der Waals surface area contributed by atoms with Crippen LogP contribution in [0.3, 0.4) is 0 Å². The van der Waals surface area contributed by atoms with Crippen molar-refractivity contribution >= 4 is 22.5 Å². The summed E-state index contributed by atoms with van der Waals surface area (Å²) in [5.41, 5.74) is 0. The van der Waals surface area contributed by atoms with Crippen molar-refractivity contribution in [2.45, 2.75) is 24.2 Å². The van der Waals surface area contributed by atoms with Gasteiger partial charge < -0.3 is 5.48 Å². The topological polar surface area (TPSA) is 31.5 Å². The van der Waals surface area contributed by atoms with Gasteiger partial charge in [-0.2, -0.15) is 0 Å². The third kappa shape index (κ3) is 8.83. The van der Waals surface area contributed by atoms with Crippen LogP contribution in [0.15, 0.2) is 0 Å². The van der Waals surface area contributed by atoms with Gasteiger partial charge in [0.05, 0.1) is 0 Å². The van der Waals surface area contributed by atoms with Gasteiger partial charge in [-0.15, -0.1) is 0 Å². The number of rotatable bonds is 2. The van der Waals surface area contributed by atoms with Gasteiger partial charge in [0.2, 0.25) is 0 Å². The van der Waals surface area contributed by atoms with Gasteiger partial charge in [0, 0.05) is 0 Å². The molecule has 0 saturated heterocycles. The predicted molar refractivity (Wildman–Crippen MR) is 31.9 cm³/mol. The summed E-state index contributed by atoms with van der Waals surface area (Å²) >= 11 is 1.22. The Hall–Kier alpha value is 0.759. The molecule has 6 heavy (non-hydrogen) atoms. The molecule has 0 aliphatic carbocycles. The van der Waals surface area contributed by atoms with Crippen molar-refractivity contribution in [3.8, 4) is 0 Å². The molecule has 2 heteroatoms. The Morgan fingerprint density at radius 2 is 2.00 bits per heavy atom. The zero-order valence-corrected chi connectivity index (χ0v) is 8.36. The largest absolute Gasteiger partial charge is 0.412 e. The van der Waals surface area contributed by atoms with E-state index in [4.69, 9.17) is 0 Å². The Kier molecular flexibility index (Phi) is 15.2. The first-order chi connectivity index (χ1) is 2.41. The molecule has 2 N–H and O–H groups in total. The second-order valence-corrected chi connectivity index (χ2v) is 3.23.